The van der Waals surface area contributed by atoms with Crippen molar-refractivity contribution in [2.75, 3.05) is 34.4 Å². The molecule has 18 heavy (non-hydrogen) atoms. The number of benzene rings is 1. The van der Waals surface area contributed by atoms with E-state index in [0.29, 0.717) is 12.5 Å². The summed E-state index contributed by atoms with van der Waals surface area (Å²) in [6.45, 7) is 2.64. The standard InChI is InChI=1S/C14H21NO3/c1-16-9-12-11(10-6-7-15-8-10)4-5-13(17-2)14(12)18-3/h4-5,10,15H,6-9H2,1-3H3. The Morgan fingerprint density at radius 3 is 2.61 bits per heavy atom. The van der Waals surface area contributed by atoms with E-state index in [2.05, 4.69) is 11.4 Å². The Labute approximate surface area is 108 Å². The number of hydrogen-bond donors (Lipinski definition) is 1. The molecule has 1 aliphatic heterocycles. The van der Waals surface area contributed by atoms with Gasteiger partial charge in [-0.2, -0.15) is 0 Å². The zero-order chi connectivity index (χ0) is 13.0. The van der Waals surface area contributed by atoms with Crippen LogP contribution in [0.5, 0.6) is 11.5 Å². The monoisotopic (exact) mass is 251 g/mol. The van der Waals surface area contributed by atoms with Crippen molar-refractivity contribution < 1.29 is 14.2 Å². The second kappa shape index (κ2) is 6.07. The Morgan fingerprint density at radius 2 is 2.06 bits per heavy atom. The van der Waals surface area contributed by atoms with Crippen LogP contribution in [0.2, 0.25) is 0 Å². The van der Waals surface area contributed by atoms with E-state index >= 15 is 0 Å². The fourth-order valence-electron chi connectivity index (χ4n) is 2.60. The highest BCUT2D eigenvalue weighted by molar-refractivity contribution is 5.52. The maximum absolute atomic E-state index is 5.49. The number of nitrogens with one attached hydrogen (secondary N) is 1. The van der Waals surface area contributed by atoms with Crippen molar-refractivity contribution in [3.8, 4) is 11.5 Å². The lowest BCUT2D eigenvalue weighted by atomic mass is 9.93. The normalized spacial score (nSPS) is 18.9. The molecule has 0 radical (unpaired) electrons. The summed E-state index contributed by atoms with van der Waals surface area (Å²) in [5.41, 5.74) is 2.41. The summed E-state index contributed by atoms with van der Waals surface area (Å²) in [5.74, 6) is 2.10. The van der Waals surface area contributed by atoms with Gasteiger partial charge in [0.25, 0.3) is 0 Å². The number of hydrogen-bond acceptors (Lipinski definition) is 4. The van der Waals surface area contributed by atoms with Gasteiger partial charge >= 0.3 is 0 Å². The SMILES string of the molecule is COCc1c(C2CCNC2)ccc(OC)c1OC. The third-order valence-electron chi connectivity index (χ3n) is 3.47. The fraction of sp³-hybridized carbons (Fsp3) is 0.571. The smallest absolute Gasteiger partial charge is 0.166 e. The molecule has 4 nitrogen and oxygen atoms in total. The number of methoxy groups -OCH3 is 3. The Hall–Kier alpha value is -1.26. The molecule has 0 aliphatic carbocycles. The number of ether oxygens (including phenoxy) is 3. The van der Waals surface area contributed by atoms with E-state index in [1.807, 2.05) is 6.07 Å². The molecule has 1 N–H and O–H groups in total. The molecule has 2 rings (SSSR count). The van der Waals surface area contributed by atoms with Crippen LogP contribution in [0.3, 0.4) is 0 Å². The van der Waals surface area contributed by atoms with E-state index in [0.717, 1.165) is 36.6 Å². The van der Waals surface area contributed by atoms with Crippen LogP contribution in [0, 0.1) is 0 Å². The predicted octanol–water partition coefficient (Wildman–Crippen LogP) is 1.93. The first-order valence-electron chi connectivity index (χ1n) is 6.25. The van der Waals surface area contributed by atoms with Gasteiger partial charge in [-0.1, -0.05) is 6.07 Å². The van der Waals surface area contributed by atoms with Gasteiger partial charge in [-0.3, -0.25) is 0 Å². The molecule has 0 aromatic heterocycles. The van der Waals surface area contributed by atoms with E-state index in [-0.39, 0.29) is 0 Å². The van der Waals surface area contributed by atoms with Crippen molar-refractivity contribution in [1.29, 1.82) is 0 Å². The van der Waals surface area contributed by atoms with Gasteiger partial charge in [-0.15, -0.1) is 0 Å². The summed E-state index contributed by atoms with van der Waals surface area (Å²) in [6, 6.07) is 4.11. The zero-order valence-corrected chi connectivity index (χ0v) is 11.3. The Bertz CT molecular complexity index is 400. The summed E-state index contributed by atoms with van der Waals surface area (Å²) in [6.07, 6.45) is 1.16. The number of rotatable bonds is 5. The van der Waals surface area contributed by atoms with Crippen LogP contribution < -0.4 is 14.8 Å². The summed E-state index contributed by atoms with van der Waals surface area (Å²) >= 11 is 0. The van der Waals surface area contributed by atoms with E-state index in [1.165, 1.54) is 5.56 Å². The third-order valence-corrected chi connectivity index (χ3v) is 3.47. The molecule has 4 heteroatoms. The molecule has 1 atom stereocenters. The quantitative estimate of drug-likeness (QED) is 0.868. The molecule has 0 amide bonds. The topological polar surface area (TPSA) is 39.7 Å². The summed E-state index contributed by atoms with van der Waals surface area (Å²) in [7, 11) is 5.04. The fourth-order valence-corrected chi connectivity index (χ4v) is 2.60. The van der Waals surface area contributed by atoms with E-state index in [9.17, 15) is 0 Å². The van der Waals surface area contributed by atoms with Gasteiger partial charge in [0.1, 0.15) is 0 Å². The van der Waals surface area contributed by atoms with Crippen LogP contribution in [-0.4, -0.2) is 34.4 Å². The first-order chi connectivity index (χ1) is 8.81. The minimum atomic E-state index is 0.537. The highest BCUT2D eigenvalue weighted by atomic mass is 16.5. The van der Waals surface area contributed by atoms with Crippen molar-refractivity contribution >= 4 is 0 Å². The zero-order valence-electron chi connectivity index (χ0n) is 11.3. The summed E-state index contributed by atoms with van der Waals surface area (Å²) < 4.78 is 16.2. The van der Waals surface area contributed by atoms with Crippen LogP contribution in [0.25, 0.3) is 0 Å². The van der Waals surface area contributed by atoms with Crippen molar-refractivity contribution in [3.05, 3.63) is 23.3 Å². The molecule has 100 valence electrons. The molecule has 1 aromatic rings. The van der Waals surface area contributed by atoms with E-state index in [1.54, 1.807) is 21.3 Å². The lowest BCUT2D eigenvalue weighted by Crippen LogP contribution is -2.10. The minimum Gasteiger partial charge on any atom is -0.493 e. The van der Waals surface area contributed by atoms with Crippen molar-refractivity contribution in [2.24, 2.45) is 0 Å². The van der Waals surface area contributed by atoms with Gasteiger partial charge in [0, 0.05) is 19.2 Å². The summed E-state index contributed by atoms with van der Waals surface area (Å²) in [4.78, 5) is 0. The van der Waals surface area contributed by atoms with Crippen LogP contribution in [0.1, 0.15) is 23.5 Å². The van der Waals surface area contributed by atoms with Crippen LogP contribution in [0.4, 0.5) is 0 Å². The average Bonchev–Trinajstić information content (AvgIpc) is 2.92. The van der Waals surface area contributed by atoms with Gasteiger partial charge in [0.2, 0.25) is 0 Å². The van der Waals surface area contributed by atoms with Crippen molar-refractivity contribution in [3.63, 3.8) is 0 Å². The van der Waals surface area contributed by atoms with E-state index in [4.69, 9.17) is 14.2 Å². The van der Waals surface area contributed by atoms with Crippen LogP contribution in [0.15, 0.2) is 12.1 Å². The second-order valence-corrected chi connectivity index (χ2v) is 4.49. The van der Waals surface area contributed by atoms with Gasteiger partial charge < -0.3 is 19.5 Å². The molecule has 1 saturated heterocycles. The third kappa shape index (κ3) is 2.44. The molecule has 1 unspecified atom stereocenters. The van der Waals surface area contributed by atoms with E-state index < -0.39 is 0 Å². The molecule has 1 aliphatic rings. The molecular weight excluding hydrogens is 230 g/mol. The Balaban J connectivity index is 2.44. The first kappa shape index (κ1) is 13.2. The Kier molecular flexibility index (Phi) is 4.44. The molecule has 1 aromatic carbocycles. The average molecular weight is 251 g/mol. The van der Waals surface area contributed by atoms with Crippen LogP contribution in [-0.2, 0) is 11.3 Å². The predicted molar refractivity (Wildman–Crippen MR) is 70.5 cm³/mol. The van der Waals surface area contributed by atoms with Crippen LogP contribution >= 0.6 is 0 Å². The lowest BCUT2D eigenvalue weighted by molar-refractivity contribution is 0.179. The highest BCUT2D eigenvalue weighted by Gasteiger charge is 2.23. The molecule has 0 bridgehead atoms. The highest BCUT2D eigenvalue weighted by Crippen LogP contribution is 2.38. The van der Waals surface area contributed by atoms with Crippen molar-refractivity contribution in [1.82, 2.24) is 5.32 Å². The molecule has 0 saturated carbocycles. The molecule has 1 heterocycles. The minimum absolute atomic E-state index is 0.537. The van der Waals surface area contributed by atoms with Gasteiger partial charge in [-0.05, 0) is 30.5 Å². The summed E-state index contributed by atoms with van der Waals surface area (Å²) in [5, 5.41) is 3.39. The van der Waals surface area contributed by atoms with Crippen molar-refractivity contribution in [2.45, 2.75) is 18.9 Å². The molecule has 0 spiro atoms. The lowest BCUT2D eigenvalue weighted by Gasteiger charge is -2.19. The molecule has 1 fully saturated rings. The maximum Gasteiger partial charge on any atom is 0.166 e. The second-order valence-electron chi connectivity index (χ2n) is 4.49. The largest absolute Gasteiger partial charge is 0.493 e. The van der Waals surface area contributed by atoms with Gasteiger partial charge in [0.15, 0.2) is 11.5 Å². The van der Waals surface area contributed by atoms with Gasteiger partial charge in [-0.25, -0.2) is 0 Å². The maximum atomic E-state index is 5.49. The molecular formula is C14H21NO3. The Morgan fingerprint density at radius 1 is 1.22 bits per heavy atom. The van der Waals surface area contributed by atoms with Gasteiger partial charge in [0.05, 0.1) is 20.8 Å². The first-order valence-corrected chi connectivity index (χ1v) is 6.25.